The van der Waals surface area contributed by atoms with Gasteiger partial charge in [-0.3, -0.25) is 0 Å². The third kappa shape index (κ3) is 13.7. The van der Waals surface area contributed by atoms with E-state index in [-0.39, 0.29) is 6.10 Å². The molecule has 0 heterocycles. The van der Waals surface area contributed by atoms with Crippen molar-refractivity contribution in [1.29, 1.82) is 0 Å². The van der Waals surface area contributed by atoms with Crippen molar-refractivity contribution in [3.05, 3.63) is 0 Å². The molecule has 0 rings (SSSR count). The molecule has 0 spiro atoms. The van der Waals surface area contributed by atoms with Crippen molar-refractivity contribution >= 4 is 0 Å². The lowest BCUT2D eigenvalue weighted by molar-refractivity contribution is -0.00996. The zero-order chi connectivity index (χ0) is 13.1. The maximum Gasteiger partial charge on any atom is 0.0897 e. The van der Waals surface area contributed by atoms with E-state index >= 15 is 0 Å². The van der Waals surface area contributed by atoms with Gasteiger partial charge in [0, 0.05) is 19.6 Å². The minimum atomic E-state index is -0.448. The maximum atomic E-state index is 9.58. The summed E-state index contributed by atoms with van der Waals surface area (Å²) in [6.07, 6.45) is -0.215. The van der Waals surface area contributed by atoms with Crippen molar-refractivity contribution in [1.82, 2.24) is 10.2 Å². The first kappa shape index (κ1) is 16.8. The summed E-state index contributed by atoms with van der Waals surface area (Å²) in [5, 5.41) is 12.8. The van der Waals surface area contributed by atoms with Crippen molar-refractivity contribution in [3.8, 4) is 0 Å². The third-order valence-corrected chi connectivity index (χ3v) is 2.10. The Bertz CT molecular complexity index is 166. The average Bonchev–Trinajstić information content (AvgIpc) is 2.23. The average molecular weight is 248 g/mol. The van der Waals surface area contributed by atoms with Crippen LogP contribution in [0.25, 0.3) is 0 Å². The second kappa shape index (κ2) is 10.9. The molecule has 0 aliphatic rings. The lowest BCUT2D eigenvalue weighted by Gasteiger charge is -2.14. The van der Waals surface area contributed by atoms with E-state index in [0.717, 1.165) is 13.1 Å². The van der Waals surface area contributed by atoms with Crippen LogP contribution in [0.15, 0.2) is 0 Å². The molecule has 0 amide bonds. The van der Waals surface area contributed by atoms with Gasteiger partial charge in [-0.2, -0.15) is 0 Å². The fraction of sp³-hybridized carbons (Fsp3) is 1.00. The Morgan fingerprint density at radius 3 is 2.53 bits per heavy atom. The first-order chi connectivity index (χ1) is 8.02. The highest BCUT2D eigenvalue weighted by molar-refractivity contribution is 4.59. The van der Waals surface area contributed by atoms with Gasteiger partial charge in [0.15, 0.2) is 0 Å². The molecule has 1 atom stereocenters. The van der Waals surface area contributed by atoms with Gasteiger partial charge in [0.25, 0.3) is 0 Å². The minimum Gasteiger partial charge on any atom is -0.389 e. The van der Waals surface area contributed by atoms with Crippen LogP contribution in [0.3, 0.4) is 0 Å². The SMILES string of the molecule is CC(C)OCCOCC(O)CNCCN(C)C. The van der Waals surface area contributed by atoms with E-state index in [9.17, 15) is 5.11 Å². The Hall–Kier alpha value is -0.200. The molecule has 0 aromatic rings. The van der Waals surface area contributed by atoms with E-state index in [1.165, 1.54) is 0 Å². The van der Waals surface area contributed by atoms with Gasteiger partial charge in [-0.05, 0) is 27.9 Å². The van der Waals surface area contributed by atoms with Crippen LogP contribution in [0.4, 0.5) is 0 Å². The molecular formula is C12H28N2O3. The van der Waals surface area contributed by atoms with Gasteiger partial charge < -0.3 is 24.8 Å². The molecule has 0 aliphatic heterocycles. The molecule has 5 heteroatoms. The molecule has 1 unspecified atom stereocenters. The molecule has 17 heavy (non-hydrogen) atoms. The van der Waals surface area contributed by atoms with E-state index in [4.69, 9.17) is 9.47 Å². The Balaban J connectivity index is 3.20. The monoisotopic (exact) mass is 248 g/mol. The Morgan fingerprint density at radius 2 is 1.94 bits per heavy atom. The predicted molar refractivity (Wildman–Crippen MR) is 69.3 cm³/mol. The van der Waals surface area contributed by atoms with Crippen LogP contribution < -0.4 is 5.32 Å². The highest BCUT2D eigenvalue weighted by Crippen LogP contribution is 1.89. The minimum absolute atomic E-state index is 0.233. The lowest BCUT2D eigenvalue weighted by atomic mass is 10.3. The van der Waals surface area contributed by atoms with Gasteiger partial charge in [0.2, 0.25) is 0 Å². The van der Waals surface area contributed by atoms with Gasteiger partial charge in [-0.25, -0.2) is 0 Å². The van der Waals surface area contributed by atoms with Gasteiger partial charge >= 0.3 is 0 Å². The number of hydrogen-bond donors (Lipinski definition) is 2. The second-order valence-corrected chi connectivity index (χ2v) is 4.66. The molecule has 0 fully saturated rings. The van der Waals surface area contributed by atoms with Gasteiger partial charge in [-0.15, -0.1) is 0 Å². The van der Waals surface area contributed by atoms with Crippen LogP contribution in [0.1, 0.15) is 13.8 Å². The van der Waals surface area contributed by atoms with E-state index in [1.807, 2.05) is 27.9 Å². The highest BCUT2D eigenvalue weighted by Gasteiger charge is 2.03. The van der Waals surface area contributed by atoms with Crippen LogP contribution in [0.2, 0.25) is 0 Å². The van der Waals surface area contributed by atoms with E-state index in [1.54, 1.807) is 0 Å². The van der Waals surface area contributed by atoms with Crippen molar-refractivity contribution in [2.45, 2.75) is 26.1 Å². The summed E-state index contributed by atoms with van der Waals surface area (Å²) in [5.74, 6) is 0. The van der Waals surface area contributed by atoms with Gasteiger partial charge in [-0.1, -0.05) is 0 Å². The molecule has 0 bridgehead atoms. The van der Waals surface area contributed by atoms with Crippen LogP contribution in [0.5, 0.6) is 0 Å². The number of nitrogens with one attached hydrogen (secondary N) is 1. The normalized spacial score (nSPS) is 13.6. The summed E-state index contributed by atoms with van der Waals surface area (Å²) < 4.78 is 10.6. The molecule has 0 radical (unpaired) electrons. The zero-order valence-electron chi connectivity index (χ0n) is 11.6. The number of aliphatic hydroxyl groups is 1. The van der Waals surface area contributed by atoms with Crippen molar-refractivity contribution in [3.63, 3.8) is 0 Å². The molecule has 0 saturated heterocycles. The summed E-state index contributed by atoms with van der Waals surface area (Å²) in [7, 11) is 4.05. The summed E-state index contributed by atoms with van der Waals surface area (Å²) in [6, 6.07) is 0. The number of rotatable bonds is 11. The van der Waals surface area contributed by atoms with Crippen LogP contribution >= 0.6 is 0 Å². The maximum absolute atomic E-state index is 9.58. The van der Waals surface area contributed by atoms with Gasteiger partial charge in [0.05, 0.1) is 32.0 Å². The fourth-order valence-corrected chi connectivity index (χ4v) is 1.19. The van der Waals surface area contributed by atoms with E-state index in [2.05, 4.69) is 10.2 Å². The molecular weight excluding hydrogens is 220 g/mol. The Kier molecular flexibility index (Phi) is 10.8. The van der Waals surface area contributed by atoms with Crippen LogP contribution in [-0.4, -0.2) is 75.8 Å². The Labute approximate surface area is 105 Å². The number of likely N-dealkylation sites (N-methyl/N-ethyl adjacent to an activating group) is 1. The summed E-state index contributed by atoms with van der Waals surface area (Å²) in [5.41, 5.74) is 0. The molecule has 0 aliphatic carbocycles. The smallest absolute Gasteiger partial charge is 0.0897 e. The van der Waals surface area contributed by atoms with E-state index in [0.29, 0.717) is 26.4 Å². The standard InChI is InChI=1S/C12H28N2O3/c1-11(2)17-8-7-16-10-12(15)9-13-5-6-14(3)4/h11-13,15H,5-10H2,1-4H3. The molecule has 2 N–H and O–H groups in total. The zero-order valence-corrected chi connectivity index (χ0v) is 11.6. The van der Waals surface area contributed by atoms with Crippen molar-refractivity contribution in [2.24, 2.45) is 0 Å². The highest BCUT2D eigenvalue weighted by atomic mass is 16.5. The lowest BCUT2D eigenvalue weighted by Crippen LogP contribution is -2.34. The number of aliphatic hydroxyl groups excluding tert-OH is 1. The topological polar surface area (TPSA) is 54.0 Å². The predicted octanol–water partition coefficient (Wildman–Crippen LogP) is -0.0599. The van der Waals surface area contributed by atoms with E-state index < -0.39 is 6.10 Å². The quantitative estimate of drug-likeness (QED) is 0.502. The number of nitrogens with zero attached hydrogens (tertiary/aromatic N) is 1. The largest absolute Gasteiger partial charge is 0.389 e. The molecule has 0 aromatic heterocycles. The van der Waals surface area contributed by atoms with Gasteiger partial charge in [0.1, 0.15) is 0 Å². The summed E-state index contributed by atoms with van der Waals surface area (Å²) in [4.78, 5) is 2.10. The Morgan fingerprint density at radius 1 is 1.24 bits per heavy atom. The molecule has 0 aromatic carbocycles. The van der Waals surface area contributed by atoms with Crippen molar-refractivity contribution < 1.29 is 14.6 Å². The summed E-state index contributed by atoms with van der Waals surface area (Å²) >= 11 is 0. The molecule has 5 nitrogen and oxygen atoms in total. The van der Waals surface area contributed by atoms with Crippen LogP contribution in [-0.2, 0) is 9.47 Å². The fourth-order valence-electron chi connectivity index (χ4n) is 1.19. The molecule has 104 valence electrons. The second-order valence-electron chi connectivity index (χ2n) is 4.66. The first-order valence-corrected chi connectivity index (χ1v) is 6.25. The van der Waals surface area contributed by atoms with Crippen molar-refractivity contribution in [2.75, 3.05) is 53.6 Å². The summed E-state index contributed by atoms with van der Waals surface area (Å²) in [6.45, 7) is 7.87. The number of ether oxygens (including phenoxy) is 2. The third-order valence-electron chi connectivity index (χ3n) is 2.10. The van der Waals surface area contributed by atoms with Crippen LogP contribution in [0, 0.1) is 0 Å². The molecule has 0 saturated carbocycles. The first-order valence-electron chi connectivity index (χ1n) is 6.25. The number of hydrogen-bond acceptors (Lipinski definition) is 5.